The Morgan fingerprint density at radius 3 is 2.71 bits per heavy atom. The first-order valence-corrected chi connectivity index (χ1v) is 6.21. The molecule has 92 valence electrons. The number of nitrogens with zero attached hydrogens (tertiary/aromatic N) is 1. The minimum Gasteiger partial charge on any atom is -0.361 e. The number of piperazine rings is 1. The van der Waals surface area contributed by atoms with Crippen LogP contribution in [-0.2, 0) is 0 Å². The van der Waals surface area contributed by atoms with Gasteiger partial charge in [0, 0.05) is 25.2 Å². The summed E-state index contributed by atoms with van der Waals surface area (Å²) >= 11 is 0. The molecule has 1 aromatic rings. The SMILES string of the molecule is Fc1cccc(F)c1N1CCN[C@@H]2CCC[C@H]21. The van der Waals surface area contributed by atoms with Crippen molar-refractivity contribution in [2.45, 2.75) is 31.3 Å². The van der Waals surface area contributed by atoms with Crippen LogP contribution in [0, 0.1) is 11.6 Å². The van der Waals surface area contributed by atoms with Gasteiger partial charge < -0.3 is 10.2 Å². The van der Waals surface area contributed by atoms with E-state index in [4.69, 9.17) is 0 Å². The molecule has 0 spiro atoms. The summed E-state index contributed by atoms with van der Waals surface area (Å²) < 4.78 is 27.6. The largest absolute Gasteiger partial charge is 0.361 e. The number of halogens is 2. The second-order valence-corrected chi connectivity index (χ2v) is 4.82. The van der Waals surface area contributed by atoms with Crippen LogP contribution in [0.3, 0.4) is 0 Å². The first-order chi connectivity index (χ1) is 8.27. The zero-order chi connectivity index (χ0) is 11.8. The van der Waals surface area contributed by atoms with E-state index in [1.165, 1.54) is 18.2 Å². The van der Waals surface area contributed by atoms with Crippen molar-refractivity contribution in [3.63, 3.8) is 0 Å². The maximum atomic E-state index is 13.8. The molecule has 1 aromatic carbocycles. The van der Waals surface area contributed by atoms with E-state index >= 15 is 0 Å². The Kier molecular flexibility index (Phi) is 2.74. The van der Waals surface area contributed by atoms with Gasteiger partial charge >= 0.3 is 0 Å². The minimum absolute atomic E-state index is 0.158. The molecule has 0 amide bonds. The lowest BCUT2D eigenvalue weighted by molar-refractivity contribution is 0.395. The third-order valence-corrected chi connectivity index (χ3v) is 3.86. The van der Waals surface area contributed by atoms with Crippen LogP contribution in [0.2, 0.25) is 0 Å². The zero-order valence-corrected chi connectivity index (χ0v) is 9.63. The van der Waals surface area contributed by atoms with Gasteiger partial charge in [0.25, 0.3) is 0 Å². The van der Waals surface area contributed by atoms with Crippen LogP contribution in [0.1, 0.15) is 19.3 Å². The van der Waals surface area contributed by atoms with Crippen LogP contribution in [0.4, 0.5) is 14.5 Å². The molecule has 0 unspecified atom stereocenters. The quantitative estimate of drug-likeness (QED) is 0.807. The van der Waals surface area contributed by atoms with Crippen LogP contribution >= 0.6 is 0 Å². The van der Waals surface area contributed by atoms with Crippen molar-refractivity contribution in [3.05, 3.63) is 29.8 Å². The highest BCUT2D eigenvalue weighted by Crippen LogP contribution is 2.33. The summed E-state index contributed by atoms with van der Waals surface area (Å²) in [5, 5.41) is 3.43. The van der Waals surface area contributed by atoms with Gasteiger partial charge in [-0.25, -0.2) is 8.78 Å². The molecule has 2 aliphatic rings. The summed E-state index contributed by atoms with van der Waals surface area (Å²) in [5.41, 5.74) is 0.158. The predicted molar refractivity (Wildman–Crippen MR) is 63.1 cm³/mol. The number of hydrogen-bond acceptors (Lipinski definition) is 2. The topological polar surface area (TPSA) is 15.3 Å². The molecule has 1 saturated heterocycles. The van der Waals surface area contributed by atoms with Gasteiger partial charge in [0.05, 0.1) is 0 Å². The molecule has 17 heavy (non-hydrogen) atoms. The Bertz CT molecular complexity index is 402. The van der Waals surface area contributed by atoms with Gasteiger partial charge in [-0.2, -0.15) is 0 Å². The average molecular weight is 238 g/mol. The molecular formula is C13H16F2N2. The smallest absolute Gasteiger partial charge is 0.149 e. The molecule has 0 bridgehead atoms. The number of nitrogens with one attached hydrogen (secondary N) is 1. The third kappa shape index (κ3) is 1.80. The monoisotopic (exact) mass is 238 g/mol. The molecule has 3 rings (SSSR count). The van der Waals surface area contributed by atoms with Crippen molar-refractivity contribution >= 4 is 5.69 Å². The lowest BCUT2D eigenvalue weighted by Crippen LogP contribution is -2.56. The molecular weight excluding hydrogens is 222 g/mol. The summed E-state index contributed by atoms with van der Waals surface area (Å²) in [5.74, 6) is -0.893. The molecule has 2 atom stereocenters. The second-order valence-electron chi connectivity index (χ2n) is 4.82. The van der Waals surface area contributed by atoms with E-state index in [1.807, 2.05) is 4.90 Å². The molecule has 2 fully saturated rings. The molecule has 2 nitrogen and oxygen atoms in total. The van der Waals surface area contributed by atoms with E-state index in [9.17, 15) is 8.78 Å². The van der Waals surface area contributed by atoms with Crippen molar-refractivity contribution in [2.75, 3.05) is 18.0 Å². The second kappa shape index (κ2) is 4.26. The molecule has 1 saturated carbocycles. The molecule has 1 aliphatic carbocycles. The van der Waals surface area contributed by atoms with E-state index in [-0.39, 0.29) is 11.7 Å². The molecule has 4 heteroatoms. The van der Waals surface area contributed by atoms with Crippen LogP contribution in [0.15, 0.2) is 18.2 Å². The van der Waals surface area contributed by atoms with Gasteiger partial charge in [0.15, 0.2) is 0 Å². The Morgan fingerprint density at radius 1 is 1.18 bits per heavy atom. The van der Waals surface area contributed by atoms with Crippen LogP contribution in [0.5, 0.6) is 0 Å². The zero-order valence-electron chi connectivity index (χ0n) is 9.63. The van der Waals surface area contributed by atoms with Crippen molar-refractivity contribution in [1.82, 2.24) is 5.32 Å². The summed E-state index contributed by atoms with van der Waals surface area (Å²) in [6, 6.07) is 4.73. The third-order valence-electron chi connectivity index (χ3n) is 3.86. The van der Waals surface area contributed by atoms with Gasteiger partial charge in [-0.05, 0) is 31.4 Å². The van der Waals surface area contributed by atoms with Gasteiger partial charge in [-0.3, -0.25) is 0 Å². The summed E-state index contributed by atoms with van der Waals surface area (Å²) in [6.45, 7) is 1.48. The Morgan fingerprint density at radius 2 is 1.94 bits per heavy atom. The highest BCUT2D eigenvalue weighted by Gasteiger charge is 2.36. The van der Waals surface area contributed by atoms with Crippen LogP contribution in [0.25, 0.3) is 0 Å². The molecule has 0 aromatic heterocycles. The van der Waals surface area contributed by atoms with E-state index in [2.05, 4.69) is 5.32 Å². The van der Waals surface area contributed by atoms with Gasteiger partial charge in [-0.15, -0.1) is 0 Å². The highest BCUT2D eigenvalue weighted by atomic mass is 19.1. The van der Waals surface area contributed by atoms with Gasteiger partial charge in [-0.1, -0.05) is 6.07 Å². The lowest BCUT2D eigenvalue weighted by atomic mass is 10.1. The number of fused-ring (bicyclic) bond motifs is 1. The number of anilines is 1. The first kappa shape index (κ1) is 11.0. The van der Waals surface area contributed by atoms with E-state index in [0.717, 1.165) is 25.8 Å². The number of benzene rings is 1. The number of rotatable bonds is 1. The standard InChI is InChI=1S/C13H16F2N2/c14-9-3-1-4-10(15)13(9)17-8-7-16-11-5-2-6-12(11)17/h1,3-4,11-12,16H,2,5-8H2/t11-,12-/m1/s1. The van der Waals surface area contributed by atoms with E-state index in [0.29, 0.717) is 12.6 Å². The average Bonchev–Trinajstić information content (AvgIpc) is 2.77. The Labute approximate surface area is 99.6 Å². The van der Waals surface area contributed by atoms with E-state index in [1.54, 1.807) is 0 Å². The van der Waals surface area contributed by atoms with Gasteiger partial charge in [0.2, 0.25) is 0 Å². The molecule has 0 radical (unpaired) electrons. The van der Waals surface area contributed by atoms with Gasteiger partial charge in [0.1, 0.15) is 17.3 Å². The van der Waals surface area contributed by atoms with Crippen molar-refractivity contribution in [2.24, 2.45) is 0 Å². The fourth-order valence-corrected chi connectivity index (χ4v) is 3.13. The van der Waals surface area contributed by atoms with Crippen LogP contribution in [-0.4, -0.2) is 25.2 Å². The minimum atomic E-state index is -0.447. The molecule has 1 heterocycles. The van der Waals surface area contributed by atoms with Crippen molar-refractivity contribution in [3.8, 4) is 0 Å². The van der Waals surface area contributed by atoms with E-state index < -0.39 is 11.6 Å². The first-order valence-electron chi connectivity index (χ1n) is 6.21. The summed E-state index contributed by atoms with van der Waals surface area (Å²) in [6.07, 6.45) is 3.26. The normalized spacial score (nSPS) is 28.2. The summed E-state index contributed by atoms with van der Waals surface area (Å²) in [7, 11) is 0. The number of hydrogen-bond donors (Lipinski definition) is 1. The Hall–Kier alpha value is -1.16. The molecule has 1 N–H and O–H groups in total. The lowest BCUT2D eigenvalue weighted by Gasteiger charge is -2.40. The fourth-order valence-electron chi connectivity index (χ4n) is 3.13. The summed E-state index contributed by atoms with van der Waals surface area (Å²) in [4.78, 5) is 1.92. The maximum Gasteiger partial charge on any atom is 0.149 e. The maximum absolute atomic E-state index is 13.8. The Balaban J connectivity index is 1.97. The predicted octanol–water partition coefficient (Wildman–Crippen LogP) is 2.30. The van der Waals surface area contributed by atoms with Crippen molar-refractivity contribution in [1.29, 1.82) is 0 Å². The van der Waals surface area contributed by atoms with Crippen molar-refractivity contribution < 1.29 is 8.78 Å². The number of para-hydroxylation sites is 1. The molecule has 1 aliphatic heterocycles. The fraction of sp³-hybridized carbons (Fsp3) is 0.538. The van der Waals surface area contributed by atoms with Crippen LogP contribution < -0.4 is 10.2 Å². The highest BCUT2D eigenvalue weighted by molar-refractivity contribution is 5.51.